The Morgan fingerprint density at radius 1 is 1.50 bits per heavy atom. The number of carboxylic acids is 1. The van der Waals surface area contributed by atoms with E-state index in [2.05, 4.69) is 0 Å². The normalized spacial score (nSPS) is 19.3. The molecule has 0 saturated heterocycles. The second-order valence-electron chi connectivity index (χ2n) is 4.07. The van der Waals surface area contributed by atoms with Crippen LogP contribution in [-0.2, 0) is 4.79 Å². The fraction of sp³-hybridized carbons (Fsp3) is 0.462. The fourth-order valence-electron chi connectivity index (χ4n) is 1.73. The zero-order valence-corrected chi connectivity index (χ0v) is 11.0. The molecule has 0 aromatic heterocycles. The minimum atomic E-state index is -0.764. The second-order valence-corrected chi connectivity index (χ2v) is 5.30. The van der Waals surface area contributed by atoms with E-state index in [1.807, 2.05) is 31.2 Å². The van der Waals surface area contributed by atoms with Gasteiger partial charge in [-0.3, -0.25) is 4.79 Å². The first-order chi connectivity index (χ1) is 8.70. The minimum absolute atomic E-state index is 0.0849. The predicted octanol–water partition coefficient (Wildman–Crippen LogP) is 2.42. The zero-order valence-electron chi connectivity index (χ0n) is 10.2. The topological polar surface area (TPSA) is 55.8 Å². The van der Waals surface area contributed by atoms with E-state index in [0.717, 1.165) is 11.5 Å². The summed E-state index contributed by atoms with van der Waals surface area (Å²) in [6.07, 6.45) is 0.530. The summed E-state index contributed by atoms with van der Waals surface area (Å²) < 4.78 is 11.3. The number of ether oxygens (including phenoxy) is 2. The monoisotopic (exact) mass is 268 g/mol. The number of carbonyl (C=O) groups is 1. The van der Waals surface area contributed by atoms with Gasteiger partial charge in [0.05, 0.1) is 0 Å². The van der Waals surface area contributed by atoms with Crippen LogP contribution in [0.2, 0.25) is 0 Å². The molecule has 1 aromatic carbocycles. The Kier molecular flexibility index (Phi) is 4.36. The average molecular weight is 268 g/mol. The van der Waals surface area contributed by atoms with E-state index in [9.17, 15) is 4.79 Å². The number of carboxylic acid groups (broad SMARTS) is 1. The van der Waals surface area contributed by atoms with Gasteiger partial charge in [-0.1, -0.05) is 19.1 Å². The molecule has 0 radical (unpaired) electrons. The predicted molar refractivity (Wildman–Crippen MR) is 70.5 cm³/mol. The standard InChI is InChI=1S/C13H16O4S/c1-2-12(13(14)15)18-8-9-7-16-10-5-3-4-6-11(10)17-9/h3-6,9,12H,2,7-8H2,1H3,(H,14,15). The van der Waals surface area contributed by atoms with Gasteiger partial charge in [0.15, 0.2) is 11.5 Å². The molecule has 18 heavy (non-hydrogen) atoms. The largest absolute Gasteiger partial charge is 0.486 e. The van der Waals surface area contributed by atoms with E-state index in [1.54, 1.807) is 0 Å². The molecule has 1 heterocycles. The van der Waals surface area contributed by atoms with E-state index < -0.39 is 5.97 Å². The Morgan fingerprint density at radius 2 is 2.22 bits per heavy atom. The van der Waals surface area contributed by atoms with Crippen molar-refractivity contribution in [2.75, 3.05) is 12.4 Å². The number of para-hydroxylation sites is 2. The summed E-state index contributed by atoms with van der Waals surface area (Å²) in [6.45, 7) is 2.35. The van der Waals surface area contributed by atoms with Gasteiger partial charge in [0, 0.05) is 5.75 Å². The Balaban J connectivity index is 1.88. The summed E-state index contributed by atoms with van der Waals surface area (Å²) >= 11 is 1.41. The third kappa shape index (κ3) is 3.10. The van der Waals surface area contributed by atoms with Gasteiger partial charge in [-0.05, 0) is 18.6 Å². The third-order valence-corrected chi connectivity index (χ3v) is 4.20. The number of fused-ring (bicyclic) bond motifs is 1. The first-order valence-corrected chi connectivity index (χ1v) is 6.98. The lowest BCUT2D eigenvalue weighted by Crippen LogP contribution is -2.32. The van der Waals surface area contributed by atoms with Gasteiger partial charge in [-0.2, -0.15) is 0 Å². The molecule has 0 bridgehead atoms. The summed E-state index contributed by atoms with van der Waals surface area (Å²) in [4.78, 5) is 10.9. The van der Waals surface area contributed by atoms with E-state index in [1.165, 1.54) is 11.8 Å². The number of hydrogen-bond donors (Lipinski definition) is 1. The van der Waals surface area contributed by atoms with Crippen LogP contribution in [0.3, 0.4) is 0 Å². The SMILES string of the molecule is CCC(SCC1COc2ccccc2O1)C(=O)O. The maximum Gasteiger partial charge on any atom is 0.316 e. The van der Waals surface area contributed by atoms with Gasteiger partial charge in [-0.15, -0.1) is 11.8 Å². The molecule has 0 amide bonds. The molecule has 2 unspecified atom stereocenters. The van der Waals surface area contributed by atoms with Gasteiger partial charge < -0.3 is 14.6 Å². The first-order valence-electron chi connectivity index (χ1n) is 5.93. The molecule has 4 nitrogen and oxygen atoms in total. The Morgan fingerprint density at radius 3 is 2.89 bits per heavy atom. The van der Waals surface area contributed by atoms with E-state index in [-0.39, 0.29) is 11.4 Å². The number of aliphatic carboxylic acids is 1. The van der Waals surface area contributed by atoms with Crippen molar-refractivity contribution in [1.82, 2.24) is 0 Å². The van der Waals surface area contributed by atoms with Crippen LogP contribution in [0.4, 0.5) is 0 Å². The summed E-state index contributed by atoms with van der Waals surface area (Å²) in [7, 11) is 0. The maximum atomic E-state index is 10.9. The number of benzene rings is 1. The van der Waals surface area contributed by atoms with Crippen molar-refractivity contribution in [1.29, 1.82) is 0 Å². The number of thioether (sulfide) groups is 1. The molecule has 1 aromatic rings. The van der Waals surface area contributed by atoms with Crippen molar-refractivity contribution >= 4 is 17.7 Å². The van der Waals surface area contributed by atoms with Crippen LogP contribution in [0.15, 0.2) is 24.3 Å². The van der Waals surface area contributed by atoms with Crippen molar-refractivity contribution in [3.8, 4) is 11.5 Å². The van der Waals surface area contributed by atoms with Crippen LogP contribution in [0.5, 0.6) is 11.5 Å². The van der Waals surface area contributed by atoms with Crippen LogP contribution >= 0.6 is 11.8 Å². The first kappa shape index (κ1) is 13.1. The molecule has 2 rings (SSSR count). The lowest BCUT2D eigenvalue weighted by atomic mass is 10.3. The zero-order chi connectivity index (χ0) is 13.0. The third-order valence-electron chi connectivity index (χ3n) is 2.70. The van der Waals surface area contributed by atoms with Gasteiger partial charge in [0.2, 0.25) is 0 Å². The molecule has 98 valence electrons. The van der Waals surface area contributed by atoms with Crippen LogP contribution in [0.25, 0.3) is 0 Å². The van der Waals surface area contributed by atoms with Crippen molar-refractivity contribution in [3.63, 3.8) is 0 Å². The number of hydrogen-bond acceptors (Lipinski definition) is 4. The fourth-order valence-corrected chi connectivity index (χ4v) is 2.72. The Hall–Kier alpha value is -1.36. The summed E-state index contributed by atoms with van der Waals surface area (Å²) in [5.74, 6) is 1.35. The van der Waals surface area contributed by atoms with Crippen molar-refractivity contribution in [3.05, 3.63) is 24.3 Å². The average Bonchev–Trinajstić information content (AvgIpc) is 2.39. The quantitative estimate of drug-likeness (QED) is 0.888. The minimum Gasteiger partial charge on any atom is -0.486 e. The molecule has 0 saturated carbocycles. The molecule has 1 N–H and O–H groups in total. The number of rotatable bonds is 5. The molecule has 5 heteroatoms. The molecular formula is C13H16O4S. The lowest BCUT2D eigenvalue weighted by molar-refractivity contribution is -0.136. The second kappa shape index (κ2) is 6.00. The summed E-state index contributed by atoms with van der Waals surface area (Å²) in [5, 5.41) is 8.60. The van der Waals surface area contributed by atoms with Gasteiger partial charge in [0.25, 0.3) is 0 Å². The molecule has 1 aliphatic heterocycles. The van der Waals surface area contributed by atoms with Gasteiger partial charge >= 0.3 is 5.97 Å². The highest BCUT2D eigenvalue weighted by atomic mass is 32.2. The van der Waals surface area contributed by atoms with E-state index >= 15 is 0 Å². The van der Waals surface area contributed by atoms with E-state index in [4.69, 9.17) is 14.6 Å². The van der Waals surface area contributed by atoms with Crippen molar-refractivity contribution < 1.29 is 19.4 Å². The van der Waals surface area contributed by atoms with Crippen LogP contribution in [0, 0.1) is 0 Å². The highest BCUT2D eigenvalue weighted by Gasteiger charge is 2.23. The highest BCUT2D eigenvalue weighted by Crippen LogP contribution is 2.32. The van der Waals surface area contributed by atoms with Crippen LogP contribution in [-0.4, -0.2) is 34.8 Å². The molecule has 2 atom stereocenters. The molecule has 0 aliphatic carbocycles. The molecule has 0 spiro atoms. The van der Waals surface area contributed by atoms with Gasteiger partial charge in [-0.25, -0.2) is 0 Å². The molecular weight excluding hydrogens is 252 g/mol. The van der Waals surface area contributed by atoms with Crippen LogP contribution < -0.4 is 9.47 Å². The smallest absolute Gasteiger partial charge is 0.316 e. The summed E-state index contributed by atoms with van der Waals surface area (Å²) in [6, 6.07) is 7.52. The van der Waals surface area contributed by atoms with Crippen molar-refractivity contribution in [2.24, 2.45) is 0 Å². The summed E-state index contributed by atoms with van der Waals surface area (Å²) in [5.41, 5.74) is 0. The lowest BCUT2D eigenvalue weighted by Gasteiger charge is -2.26. The highest BCUT2D eigenvalue weighted by molar-refractivity contribution is 8.00. The Labute approximate surface area is 110 Å². The Bertz CT molecular complexity index is 421. The molecule has 0 fully saturated rings. The van der Waals surface area contributed by atoms with Crippen LogP contribution in [0.1, 0.15) is 13.3 Å². The molecule has 1 aliphatic rings. The van der Waals surface area contributed by atoms with Gasteiger partial charge in [0.1, 0.15) is 18.0 Å². The maximum absolute atomic E-state index is 10.9. The van der Waals surface area contributed by atoms with E-state index in [0.29, 0.717) is 18.8 Å². The van der Waals surface area contributed by atoms with Crippen molar-refractivity contribution in [2.45, 2.75) is 24.7 Å².